The van der Waals surface area contributed by atoms with Crippen LogP contribution in [-0.4, -0.2) is 40.5 Å². The standard InChI is InChI=1S/C11H14N2OS.C2H4O2/c14-11-6-9-10(3-4-12-9)13(11)7-8-2-1-5-15-8;1-2(3)4/h1-2,5,9-10,12H,3-4,6-7H2;1H3,(H,3,4)/t9-,10-;/m1./s1. The summed E-state index contributed by atoms with van der Waals surface area (Å²) >= 11 is 1.73. The van der Waals surface area contributed by atoms with Crippen LogP contribution in [0, 0.1) is 0 Å². The van der Waals surface area contributed by atoms with Crippen molar-refractivity contribution in [2.45, 2.75) is 38.4 Å². The lowest BCUT2D eigenvalue weighted by Gasteiger charge is -2.22. The predicted octanol–water partition coefficient (Wildman–Crippen LogP) is 1.30. The van der Waals surface area contributed by atoms with E-state index in [1.807, 2.05) is 6.07 Å². The molecule has 2 aliphatic rings. The number of hydrogen-bond acceptors (Lipinski definition) is 4. The zero-order chi connectivity index (χ0) is 13.8. The van der Waals surface area contributed by atoms with Crippen molar-refractivity contribution in [1.29, 1.82) is 0 Å². The highest BCUT2D eigenvalue weighted by Crippen LogP contribution is 2.28. The van der Waals surface area contributed by atoms with Crippen LogP contribution in [-0.2, 0) is 16.1 Å². The quantitative estimate of drug-likeness (QED) is 0.858. The van der Waals surface area contributed by atoms with E-state index in [0.717, 1.165) is 26.4 Å². The van der Waals surface area contributed by atoms with Gasteiger partial charge < -0.3 is 15.3 Å². The van der Waals surface area contributed by atoms with Crippen LogP contribution in [0.3, 0.4) is 0 Å². The van der Waals surface area contributed by atoms with Crippen molar-refractivity contribution in [3.05, 3.63) is 22.4 Å². The van der Waals surface area contributed by atoms with Gasteiger partial charge in [-0.1, -0.05) is 6.07 Å². The molecule has 0 radical (unpaired) electrons. The fourth-order valence-electron chi connectivity index (χ4n) is 2.60. The Labute approximate surface area is 116 Å². The van der Waals surface area contributed by atoms with E-state index < -0.39 is 5.97 Å². The molecule has 6 heteroatoms. The number of hydrogen-bond donors (Lipinski definition) is 2. The molecule has 104 valence electrons. The molecule has 2 N–H and O–H groups in total. The lowest BCUT2D eigenvalue weighted by atomic mass is 10.1. The Morgan fingerprint density at radius 1 is 1.63 bits per heavy atom. The Hall–Kier alpha value is -1.40. The number of amides is 1. The van der Waals surface area contributed by atoms with Crippen molar-refractivity contribution in [1.82, 2.24) is 10.2 Å². The second-order valence-corrected chi connectivity index (χ2v) is 5.77. The molecule has 3 rings (SSSR count). The predicted molar refractivity (Wildman–Crippen MR) is 73.0 cm³/mol. The molecule has 0 unspecified atom stereocenters. The highest BCUT2D eigenvalue weighted by Gasteiger charge is 2.42. The van der Waals surface area contributed by atoms with Gasteiger partial charge in [0, 0.05) is 30.3 Å². The van der Waals surface area contributed by atoms with Crippen molar-refractivity contribution >= 4 is 23.2 Å². The van der Waals surface area contributed by atoms with E-state index in [9.17, 15) is 4.79 Å². The van der Waals surface area contributed by atoms with Crippen molar-refractivity contribution in [3.63, 3.8) is 0 Å². The number of nitrogens with zero attached hydrogens (tertiary/aromatic N) is 1. The first-order chi connectivity index (χ1) is 9.08. The van der Waals surface area contributed by atoms with Gasteiger partial charge in [-0.15, -0.1) is 11.3 Å². The largest absolute Gasteiger partial charge is 0.481 e. The normalized spacial score (nSPS) is 24.9. The monoisotopic (exact) mass is 282 g/mol. The molecule has 3 heterocycles. The summed E-state index contributed by atoms with van der Waals surface area (Å²) in [7, 11) is 0. The summed E-state index contributed by atoms with van der Waals surface area (Å²) in [5, 5.41) is 12.9. The van der Waals surface area contributed by atoms with Crippen molar-refractivity contribution in [2.75, 3.05) is 6.54 Å². The van der Waals surface area contributed by atoms with Crippen LogP contribution in [0.5, 0.6) is 0 Å². The lowest BCUT2D eigenvalue weighted by Crippen LogP contribution is -2.35. The van der Waals surface area contributed by atoms with Crippen LogP contribution >= 0.6 is 11.3 Å². The molecule has 0 bridgehead atoms. The Morgan fingerprint density at radius 3 is 3.00 bits per heavy atom. The topological polar surface area (TPSA) is 69.6 Å². The van der Waals surface area contributed by atoms with E-state index in [1.54, 1.807) is 11.3 Å². The maximum Gasteiger partial charge on any atom is 0.300 e. The molecule has 1 amide bonds. The minimum atomic E-state index is -0.833. The Kier molecular flexibility index (Phi) is 4.55. The van der Waals surface area contributed by atoms with Crippen molar-refractivity contribution < 1.29 is 14.7 Å². The first kappa shape index (κ1) is 14.0. The number of rotatable bonds is 2. The summed E-state index contributed by atoms with van der Waals surface area (Å²) in [5.74, 6) is -0.523. The fraction of sp³-hybridized carbons (Fsp3) is 0.538. The average Bonchev–Trinajstić information content (AvgIpc) is 2.98. The molecule has 2 saturated heterocycles. The second-order valence-electron chi connectivity index (χ2n) is 4.74. The maximum atomic E-state index is 11.8. The molecule has 0 saturated carbocycles. The molecule has 2 aliphatic heterocycles. The Morgan fingerprint density at radius 2 is 2.37 bits per heavy atom. The number of carboxylic acids is 1. The SMILES string of the molecule is CC(=O)O.O=C1C[C@H]2NCC[C@H]2N1Cc1cccs1. The summed E-state index contributed by atoms with van der Waals surface area (Å²) < 4.78 is 0. The van der Waals surface area contributed by atoms with Crippen LogP contribution in [0.2, 0.25) is 0 Å². The van der Waals surface area contributed by atoms with E-state index in [0.29, 0.717) is 24.4 Å². The minimum Gasteiger partial charge on any atom is -0.481 e. The van der Waals surface area contributed by atoms with Crippen LogP contribution < -0.4 is 5.32 Å². The van der Waals surface area contributed by atoms with Gasteiger partial charge in [0.15, 0.2) is 0 Å². The number of carbonyl (C=O) groups is 2. The maximum absolute atomic E-state index is 11.8. The first-order valence-electron chi connectivity index (χ1n) is 6.32. The Bertz CT molecular complexity index is 443. The zero-order valence-electron chi connectivity index (χ0n) is 10.8. The summed E-state index contributed by atoms with van der Waals surface area (Å²) in [6.45, 7) is 2.95. The molecule has 19 heavy (non-hydrogen) atoms. The molecule has 1 aromatic heterocycles. The van der Waals surface area contributed by atoms with Crippen LogP contribution in [0.4, 0.5) is 0 Å². The molecule has 0 aliphatic carbocycles. The first-order valence-corrected chi connectivity index (χ1v) is 7.20. The third-order valence-corrected chi connectivity index (χ3v) is 4.19. The number of likely N-dealkylation sites (tertiary alicyclic amines) is 1. The van der Waals surface area contributed by atoms with E-state index in [2.05, 4.69) is 21.7 Å². The minimum absolute atomic E-state index is 0.311. The molecule has 5 nitrogen and oxygen atoms in total. The van der Waals surface area contributed by atoms with Crippen LogP contribution in [0.25, 0.3) is 0 Å². The van der Waals surface area contributed by atoms with E-state index in [4.69, 9.17) is 9.90 Å². The van der Waals surface area contributed by atoms with Gasteiger partial charge in [-0.2, -0.15) is 0 Å². The summed E-state index contributed by atoms with van der Waals surface area (Å²) in [5.41, 5.74) is 0. The van der Waals surface area contributed by atoms with Gasteiger partial charge in [0.05, 0.1) is 6.54 Å². The molecular formula is C13H18N2O3S. The fourth-order valence-corrected chi connectivity index (χ4v) is 3.30. The van der Waals surface area contributed by atoms with Crippen LogP contribution in [0.1, 0.15) is 24.6 Å². The highest BCUT2D eigenvalue weighted by molar-refractivity contribution is 7.09. The van der Waals surface area contributed by atoms with E-state index in [-0.39, 0.29) is 0 Å². The third-order valence-electron chi connectivity index (χ3n) is 3.33. The highest BCUT2D eigenvalue weighted by atomic mass is 32.1. The van der Waals surface area contributed by atoms with Gasteiger partial charge in [0.25, 0.3) is 5.97 Å². The molecule has 0 aromatic carbocycles. The molecule has 0 spiro atoms. The number of aliphatic carboxylic acids is 1. The summed E-state index contributed by atoms with van der Waals surface area (Å²) in [6, 6.07) is 5.01. The van der Waals surface area contributed by atoms with Gasteiger partial charge in [-0.25, -0.2) is 0 Å². The molecule has 2 fully saturated rings. The van der Waals surface area contributed by atoms with Gasteiger partial charge in [-0.3, -0.25) is 9.59 Å². The second kappa shape index (κ2) is 6.16. The van der Waals surface area contributed by atoms with Gasteiger partial charge in [0.2, 0.25) is 5.91 Å². The average molecular weight is 282 g/mol. The lowest BCUT2D eigenvalue weighted by molar-refractivity contribution is -0.134. The van der Waals surface area contributed by atoms with E-state index in [1.165, 1.54) is 4.88 Å². The number of carbonyl (C=O) groups excluding carboxylic acids is 1. The number of carboxylic acid groups (broad SMARTS) is 1. The van der Waals surface area contributed by atoms with Crippen molar-refractivity contribution in [2.24, 2.45) is 0 Å². The van der Waals surface area contributed by atoms with Crippen LogP contribution in [0.15, 0.2) is 17.5 Å². The number of thiophene rings is 1. The zero-order valence-corrected chi connectivity index (χ0v) is 11.7. The van der Waals surface area contributed by atoms with E-state index >= 15 is 0 Å². The van der Waals surface area contributed by atoms with Gasteiger partial charge >= 0.3 is 0 Å². The van der Waals surface area contributed by atoms with Crippen molar-refractivity contribution in [3.8, 4) is 0 Å². The third kappa shape index (κ3) is 3.54. The van der Waals surface area contributed by atoms with Gasteiger partial charge in [0.1, 0.15) is 0 Å². The molecule has 2 atom stereocenters. The number of nitrogens with one attached hydrogen (secondary N) is 1. The summed E-state index contributed by atoms with van der Waals surface area (Å²) in [4.78, 5) is 24.1. The number of fused-ring (bicyclic) bond motifs is 1. The van der Waals surface area contributed by atoms with Gasteiger partial charge in [-0.05, 0) is 24.4 Å². The Balaban J connectivity index is 0.000000297. The summed E-state index contributed by atoms with van der Waals surface area (Å²) in [6.07, 6.45) is 1.80. The molecular weight excluding hydrogens is 264 g/mol. The smallest absolute Gasteiger partial charge is 0.300 e. The molecule has 1 aromatic rings.